The highest BCUT2D eigenvalue weighted by Crippen LogP contribution is 2.17. The molecule has 4 nitrogen and oxygen atoms in total. The second-order valence-electron chi connectivity index (χ2n) is 3.48. The number of thioether (sulfide) groups is 1. The first-order valence-electron chi connectivity index (χ1n) is 5.12. The highest BCUT2D eigenvalue weighted by molar-refractivity contribution is 7.98. The van der Waals surface area contributed by atoms with Gasteiger partial charge in [-0.05, 0) is 18.7 Å². The third-order valence-electron chi connectivity index (χ3n) is 2.23. The minimum atomic E-state index is 0.332. The Morgan fingerprint density at radius 2 is 2.44 bits per heavy atom. The predicted octanol–water partition coefficient (Wildman–Crippen LogP) is 2.09. The van der Waals surface area contributed by atoms with Crippen LogP contribution in [0.4, 0.5) is 11.5 Å². The van der Waals surface area contributed by atoms with Gasteiger partial charge >= 0.3 is 0 Å². The van der Waals surface area contributed by atoms with Crippen LogP contribution in [0.3, 0.4) is 0 Å². The molecule has 5 heteroatoms. The minimum absolute atomic E-state index is 0.332. The van der Waals surface area contributed by atoms with Crippen molar-refractivity contribution in [1.82, 2.24) is 4.98 Å². The predicted molar refractivity (Wildman–Crippen MR) is 69.4 cm³/mol. The maximum absolute atomic E-state index is 8.97. The van der Waals surface area contributed by atoms with Gasteiger partial charge in [0.25, 0.3) is 0 Å². The summed E-state index contributed by atoms with van der Waals surface area (Å²) in [5.74, 6) is 1.62. The lowest BCUT2D eigenvalue weighted by Crippen LogP contribution is -2.22. The van der Waals surface area contributed by atoms with Crippen LogP contribution in [0.2, 0.25) is 0 Å². The SMILES string of the molecule is CCC(CSC)Nc1ncc(N)cc1C#N. The zero-order valence-electron chi connectivity index (χ0n) is 9.53. The Hall–Kier alpha value is -1.41. The number of nitrogens with zero attached hydrogens (tertiary/aromatic N) is 2. The Morgan fingerprint density at radius 3 is 3.00 bits per heavy atom. The smallest absolute Gasteiger partial charge is 0.144 e. The van der Waals surface area contributed by atoms with Crippen LogP contribution in [-0.4, -0.2) is 23.0 Å². The van der Waals surface area contributed by atoms with Crippen molar-refractivity contribution in [3.8, 4) is 6.07 Å². The average Bonchev–Trinajstić information content (AvgIpc) is 2.30. The van der Waals surface area contributed by atoms with Crippen LogP contribution in [0.25, 0.3) is 0 Å². The second kappa shape index (κ2) is 6.23. The van der Waals surface area contributed by atoms with E-state index in [1.165, 1.54) is 0 Å². The van der Waals surface area contributed by atoms with Gasteiger partial charge in [0.15, 0.2) is 0 Å². The molecule has 1 atom stereocenters. The molecule has 0 bridgehead atoms. The molecule has 0 spiro atoms. The molecule has 1 unspecified atom stereocenters. The van der Waals surface area contributed by atoms with Crippen molar-refractivity contribution in [2.24, 2.45) is 0 Å². The van der Waals surface area contributed by atoms with E-state index < -0.39 is 0 Å². The van der Waals surface area contributed by atoms with Crippen LogP contribution in [-0.2, 0) is 0 Å². The summed E-state index contributed by atoms with van der Waals surface area (Å²) >= 11 is 1.77. The second-order valence-corrected chi connectivity index (χ2v) is 4.39. The molecule has 0 aliphatic carbocycles. The van der Waals surface area contributed by atoms with E-state index in [1.807, 2.05) is 0 Å². The van der Waals surface area contributed by atoms with Gasteiger partial charge in [-0.15, -0.1) is 0 Å². The Balaban J connectivity index is 2.83. The van der Waals surface area contributed by atoms with E-state index in [0.717, 1.165) is 12.2 Å². The summed E-state index contributed by atoms with van der Waals surface area (Å²) in [6, 6.07) is 4.07. The fourth-order valence-electron chi connectivity index (χ4n) is 1.34. The van der Waals surface area contributed by atoms with Gasteiger partial charge in [-0.2, -0.15) is 17.0 Å². The van der Waals surface area contributed by atoms with Gasteiger partial charge in [0.05, 0.1) is 17.4 Å². The molecule has 16 heavy (non-hydrogen) atoms. The third-order valence-corrected chi connectivity index (χ3v) is 2.97. The molecule has 0 aliphatic heterocycles. The van der Waals surface area contributed by atoms with Gasteiger partial charge in [0.2, 0.25) is 0 Å². The molecule has 1 heterocycles. The summed E-state index contributed by atoms with van der Waals surface area (Å²) in [6.45, 7) is 2.11. The van der Waals surface area contributed by atoms with Crippen molar-refractivity contribution in [1.29, 1.82) is 5.26 Å². The van der Waals surface area contributed by atoms with Gasteiger partial charge in [-0.1, -0.05) is 6.92 Å². The fraction of sp³-hybridized carbons (Fsp3) is 0.455. The lowest BCUT2D eigenvalue weighted by molar-refractivity contribution is 0.769. The first-order valence-corrected chi connectivity index (χ1v) is 6.51. The molecule has 0 aromatic carbocycles. The Labute approximate surface area is 100 Å². The molecule has 3 N–H and O–H groups in total. The van der Waals surface area contributed by atoms with Crippen LogP contribution in [0, 0.1) is 11.3 Å². The number of nitrogens with one attached hydrogen (secondary N) is 1. The number of hydrogen-bond donors (Lipinski definition) is 2. The number of anilines is 2. The molecule has 0 amide bonds. The molecule has 0 aliphatic rings. The van der Waals surface area contributed by atoms with E-state index in [2.05, 4.69) is 29.5 Å². The monoisotopic (exact) mass is 236 g/mol. The molecule has 86 valence electrons. The quantitative estimate of drug-likeness (QED) is 0.818. The van der Waals surface area contributed by atoms with Crippen molar-refractivity contribution in [3.63, 3.8) is 0 Å². The molecule has 0 saturated heterocycles. The van der Waals surface area contributed by atoms with E-state index in [1.54, 1.807) is 24.0 Å². The maximum atomic E-state index is 8.97. The van der Waals surface area contributed by atoms with Crippen molar-refractivity contribution in [3.05, 3.63) is 17.8 Å². The van der Waals surface area contributed by atoms with E-state index >= 15 is 0 Å². The molecule has 0 radical (unpaired) electrons. The number of rotatable bonds is 5. The summed E-state index contributed by atoms with van der Waals surface area (Å²) in [4.78, 5) is 4.15. The lowest BCUT2D eigenvalue weighted by Gasteiger charge is -2.17. The molecular weight excluding hydrogens is 220 g/mol. The average molecular weight is 236 g/mol. The number of nitriles is 1. The Bertz CT molecular complexity index is 386. The van der Waals surface area contributed by atoms with E-state index in [4.69, 9.17) is 11.0 Å². The van der Waals surface area contributed by atoms with E-state index in [-0.39, 0.29) is 0 Å². The number of nitrogens with two attached hydrogens (primary N) is 1. The van der Waals surface area contributed by atoms with E-state index in [9.17, 15) is 0 Å². The largest absolute Gasteiger partial charge is 0.397 e. The molecule has 0 fully saturated rings. The van der Waals surface area contributed by atoms with Crippen molar-refractivity contribution >= 4 is 23.3 Å². The molecule has 1 aromatic heterocycles. The summed E-state index contributed by atoms with van der Waals surface area (Å²) in [7, 11) is 0. The van der Waals surface area contributed by atoms with Gasteiger partial charge in [0, 0.05) is 11.8 Å². The fourth-order valence-corrected chi connectivity index (χ4v) is 2.06. The number of nitrogen functional groups attached to an aromatic ring is 1. The van der Waals surface area contributed by atoms with Crippen LogP contribution in [0.1, 0.15) is 18.9 Å². The van der Waals surface area contributed by atoms with Gasteiger partial charge in [-0.25, -0.2) is 4.98 Å². The summed E-state index contributed by atoms with van der Waals surface area (Å²) in [6.07, 6.45) is 4.62. The highest BCUT2D eigenvalue weighted by Gasteiger charge is 2.09. The third kappa shape index (κ3) is 3.31. The van der Waals surface area contributed by atoms with Crippen molar-refractivity contribution < 1.29 is 0 Å². The summed E-state index contributed by atoms with van der Waals surface area (Å²) in [5.41, 5.74) is 6.59. The summed E-state index contributed by atoms with van der Waals surface area (Å²) < 4.78 is 0. The van der Waals surface area contributed by atoms with Crippen molar-refractivity contribution in [2.75, 3.05) is 23.1 Å². The van der Waals surface area contributed by atoms with Crippen LogP contribution < -0.4 is 11.1 Å². The standard InChI is InChI=1S/C11H16N4S/c1-3-10(7-16-2)15-11-8(5-12)4-9(13)6-14-11/h4,6,10H,3,7,13H2,1-2H3,(H,14,15). The zero-order chi connectivity index (χ0) is 12.0. The Kier molecular flexibility index (Phi) is 4.93. The summed E-state index contributed by atoms with van der Waals surface area (Å²) in [5, 5.41) is 12.2. The highest BCUT2D eigenvalue weighted by atomic mass is 32.2. The van der Waals surface area contributed by atoms with Crippen LogP contribution in [0.5, 0.6) is 0 Å². The van der Waals surface area contributed by atoms with Crippen LogP contribution >= 0.6 is 11.8 Å². The number of aromatic nitrogens is 1. The van der Waals surface area contributed by atoms with E-state index in [0.29, 0.717) is 23.1 Å². The lowest BCUT2D eigenvalue weighted by atomic mass is 10.2. The Morgan fingerprint density at radius 1 is 1.69 bits per heavy atom. The number of hydrogen-bond acceptors (Lipinski definition) is 5. The first kappa shape index (κ1) is 12.7. The molecule has 0 saturated carbocycles. The molecular formula is C11H16N4S. The van der Waals surface area contributed by atoms with Crippen molar-refractivity contribution in [2.45, 2.75) is 19.4 Å². The topological polar surface area (TPSA) is 74.7 Å². The zero-order valence-corrected chi connectivity index (χ0v) is 10.3. The molecule has 1 aromatic rings. The van der Waals surface area contributed by atoms with Gasteiger partial charge in [-0.3, -0.25) is 0 Å². The normalized spacial score (nSPS) is 11.8. The molecule has 1 rings (SSSR count). The maximum Gasteiger partial charge on any atom is 0.144 e. The van der Waals surface area contributed by atoms with Crippen LogP contribution in [0.15, 0.2) is 12.3 Å². The number of pyridine rings is 1. The first-order chi connectivity index (χ1) is 7.71. The minimum Gasteiger partial charge on any atom is -0.397 e. The van der Waals surface area contributed by atoms with Gasteiger partial charge < -0.3 is 11.1 Å². The van der Waals surface area contributed by atoms with Gasteiger partial charge in [0.1, 0.15) is 11.9 Å².